The van der Waals surface area contributed by atoms with Crippen LogP contribution in [0, 0.1) is 6.92 Å². The number of amides is 2. The van der Waals surface area contributed by atoms with Crippen molar-refractivity contribution in [2.45, 2.75) is 39.2 Å². The van der Waals surface area contributed by atoms with Crippen LogP contribution in [0.25, 0.3) is 0 Å². The van der Waals surface area contributed by atoms with Gasteiger partial charge in [-0.2, -0.15) is 0 Å². The van der Waals surface area contributed by atoms with Gasteiger partial charge in [-0.05, 0) is 37.0 Å². The van der Waals surface area contributed by atoms with Crippen molar-refractivity contribution in [3.05, 3.63) is 65.2 Å². The maximum Gasteiger partial charge on any atom is 0.229 e. The summed E-state index contributed by atoms with van der Waals surface area (Å²) in [4.78, 5) is 26.4. The summed E-state index contributed by atoms with van der Waals surface area (Å²) in [6, 6.07) is 15.6. The molecule has 1 atom stereocenters. The molecule has 1 unspecified atom stereocenters. The van der Waals surface area contributed by atoms with Gasteiger partial charge in [-0.3, -0.25) is 9.59 Å². The SMILES string of the molecule is CC(=O)NC(CC(=O)N1CCCc2cc(C)ccc21)c1ccccc1. The van der Waals surface area contributed by atoms with Crippen LogP contribution < -0.4 is 10.2 Å². The molecule has 0 aromatic heterocycles. The van der Waals surface area contributed by atoms with Gasteiger partial charge in [0.2, 0.25) is 11.8 Å². The number of aryl methyl sites for hydroxylation is 2. The van der Waals surface area contributed by atoms with E-state index < -0.39 is 0 Å². The minimum absolute atomic E-state index is 0.0485. The quantitative estimate of drug-likeness (QED) is 0.928. The van der Waals surface area contributed by atoms with Gasteiger partial charge in [0.15, 0.2) is 0 Å². The van der Waals surface area contributed by atoms with E-state index >= 15 is 0 Å². The zero-order valence-electron chi connectivity index (χ0n) is 14.8. The fourth-order valence-electron chi connectivity index (χ4n) is 3.45. The standard InChI is InChI=1S/C21H24N2O2/c1-15-10-11-20-18(13-15)9-6-12-23(20)21(25)14-19(22-16(2)24)17-7-4-3-5-8-17/h3-5,7-8,10-11,13,19H,6,9,12,14H2,1-2H3,(H,22,24). The van der Waals surface area contributed by atoms with Crippen molar-refractivity contribution in [3.8, 4) is 0 Å². The van der Waals surface area contributed by atoms with Crippen LogP contribution in [0.15, 0.2) is 48.5 Å². The van der Waals surface area contributed by atoms with E-state index in [0.29, 0.717) is 0 Å². The average molecular weight is 336 g/mol. The summed E-state index contributed by atoms with van der Waals surface area (Å²) in [6.07, 6.45) is 2.24. The fourth-order valence-corrected chi connectivity index (χ4v) is 3.45. The van der Waals surface area contributed by atoms with Gasteiger partial charge < -0.3 is 10.2 Å². The van der Waals surface area contributed by atoms with Crippen molar-refractivity contribution in [3.63, 3.8) is 0 Å². The first-order valence-corrected chi connectivity index (χ1v) is 8.76. The molecule has 4 nitrogen and oxygen atoms in total. The Hall–Kier alpha value is -2.62. The zero-order valence-corrected chi connectivity index (χ0v) is 14.8. The first kappa shape index (κ1) is 17.2. The maximum absolute atomic E-state index is 13.0. The molecule has 0 fully saturated rings. The van der Waals surface area contributed by atoms with Crippen LogP contribution >= 0.6 is 0 Å². The number of nitrogens with one attached hydrogen (secondary N) is 1. The zero-order chi connectivity index (χ0) is 17.8. The number of benzene rings is 2. The molecule has 2 aromatic carbocycles. The summed E-state index contributed by atoms with van der Waals surface area (Å²) in [5.41, 5.74) is 4.41. The molecular formula is C21H24N2O2. The lowest BCUT2D eigenvalue weighted by molar-refractivity contribution is -0.121. The second-order valence-corrected chi connectivity index (χ2v) is 6.65. The predicted octanol–water partition coefficient (Wildman–Crippen LogP) is 3.54. The molecular weight excluding hydrogens is 312 g/mol. The molecule has 1 N–H and O–H groups in total. The highest BCUT2D eigenvalue weighted by Crippen LogP contribution is 2.29. The lowest BCUT2D eigenvalue weighted by atomic mass is 9.97. The van der Waals surface area contributed by atoms with E-state index in [1.54, 1.807) is 0 Å². The topological polar surface area (TPSA) is 49.4 Å². The van der Waals surface area contributed by atoms with Gasteiger partial charge >= 0.3 is 0 Å². The number of fused-ring (bicyclic) bond motifs is 1. The summed E-state index contributed by atoms with van der Waals surface area (Å²) < 4.78 is 0. The molecule has 0 saturated heterocycles. The summed E-state index contributed by atoms with van der Waals surface area (Å²) in [6.45, 7) is 4.29. The molecule has 2 aromatic rings. The van der Waals surface area contributed by atoms with Gasteiger partial charge in [0.1, 0.15) is 0 Å². The number of nitrogens with zero attached hydrogens (tertiary/aromatic N) is 1. The van der Waals surface area contributed by atoms with Crippen LogP contribution in [0.1, 0.15) is 42.5 Å². The van der Waals surface area contributed by atoms with Gasteiger partial charge in [-0.15, -0.1) is 0 Å². The minimum Gasteiger partial charge on any atom is -0.349 e. The monoisotopic (exact) mass is 336 g/mol. The van der Waals surface area contributed by atoms with E-state index in [0.717, 1.165) is 30.6 Å². The van der Waals surface area contributed by atoms with E-state index in [1.165, 1.54) is 18.1 Å². The highest BCUT2D eigenvalue weighted by atomic mass is 16.2. The van der Waals surface area contributed by atoms with Gasteiger partial charge in [-0.1, -0.05) is 48.0 Å². The Morgan fingerprint density at radius 3 is 2.64 bits per heavy atom. The number of carbonyl (C=O) groups excluding carboxylic acids is 2. The third kappa shape index (κ3) is 4.08. The third-order valence-corrected chi connectivity index (χ3v) is 4.61. The van der Waals surface area contributed by atoms with E-state index in [4.69, 9.17) is 0 Å². The van der Waals surface area contributed by atoms with Gasteiger partial charge in [-0.25, -0.2) is 0 Å². The van der Waals surface area contributed by atoms with E-state index in [2.05, 4.69) is 18.3 Å². The number of anilines is 1. The number of rotatable bonds is 4. The van der Waals surface area contributed by atoms with Crippen LogP contribution in [-0.4, -0.2) is 18.4 Å². The molecule has 1 heterocycles. The normalized spacial score (nSPS) is 14.6. The van der Waals surface area contributed by atoms with Gasteiger partial charge in [0, 0.05) is 19.2 Å². The minimum atomic E-state index is -0.304. The van der Waals surface area contributed by atoms with E-state index in [-0.39, 0.29) is 24.3 Å². The van der Waals surface area contributed by atoms with Crippen molar-refractivity contribution in [2.75, 3.05) is 11.4 Å². The Balaban J connectivity index is 1.82. The largest absolute Gasteiger partial charge is 0.349 e. The highest BCUT2D eigenvalue weighted by Gasteiger charge is 2.25. The van der Waals surface area contributed by atoms with Crippen LogP contribution in [0.2, 0.25) is 0 Å². The molecule has 3 rings (SSSR count). The Morgan fingerprint density at radius 1 is 1.16 bits per heavy atom. The third-order valence-electron chi connectivity index (χ3n) is 4.61. The second kappa shape index (κ2) is 7.51. The smallest absolute Gasteiger partial charge is 0.229 e. The van der Waals surface area contributed by atoms with Crippen molar-refractivity contribution in [1.29, 1.82) is 0 Å². The van der Waals surface area contributed by atoms with Crippen molar-refractivity contribution in [1.82, 2.24) is 5.32 Å². The van der Waals surface area contributed by atoms with Crippen molar-refractivity contribution in [2.24, 2.45) is 0 Å². The number of hydrogen-bond donors (Lipinski definition) is 1. The van der Waals surface area contributed by atoms with Crippen LogP contribution in [-0.2, 0) is 16.0 Å². The first-order valence-electron chi connectivity index (χ1n) is 8.76. The molecule has 1 aliphatic heterocycles. The van der Waals surface area contributed by atoms with Crippen molar-refractivity contribution < 1.29 is 9.59 Å². The van der Waals surface area contributed by atoms with Gasteiger partial charge in [0.25, 0.3) is 0 Å². The summed E-state index contributed by atoms with van der Waals surface area (Å²) in [7, 11) is 0. The Kier molecular flexibility index (Phi) is 5.17. The lowest BCUT2D eigenvalue weighted by Crippen LogP contribution is -2.38. The van der Waals surface area contributed by atoms with Crippen molar-refractivity contribution >= 4 is 17.5 Å². The van der Waals surface area contributed by atoms with Gasteiger partial charge in [0.05, 0.1) is 12.5 Å². The van der Waals surface area contributed by atoms with E-state index in [9.17, 15) is 9.59 Å². The molecule has 0 aliphatic carbocycles. The molecule has 0 bridgehead atoms. The van der Waals surface area contributed by atoms with E-state index in [1.807, 2.05) is 47.4 Å². The maximum atomic E-state index is 13.0. The molecule has 4 heteroatoms. The first-order chi connectivity index (χ1) is 12.0. The van der Waals surface area contributed by atoms with Crippen LogP contribution in [0.4, 0.5) is 5.69 Å². The molecule has 130 valence electrons. The number of carbonyl (C=O) groups is 2. The summed E-state index contributed by atoms with van der Waals surface area (Å²) in [5, 5.41) is 2.91. The average Bonchev–Trinajstić information content (AvgIpc) is 2.60. The molecule has 2 amide bonds. The molecule has 25 heavy (non-hydrogen) atoms. The summed E-state index contributed by atoms with van der Waals surface area (Å²) >= 11 is 0. The predicted molar refractivity (Wildman–Crippen MR) is 99.5 cm³/mol. The number of hydrogen-bond acceptors (Lipinski definition) is 2. The second-order valence-electron chi connectivity index (χ2n) is 6.65. The van der Waals surface area contributed by atoms with Crippen LogP contribution in [0.5, 0.6) is 0 Å². The Labute approximate surface area is 148 Å². The molecule has 0 radical (unpaired) electrons. The Bertz CT molecular complexity index is 771. The Morgan fingerprint density at radius 2 is 1.92 bits per heavy atom. The summed E-state index contributed by atoms with van der Waals surface area (Å²) in [5.74, 6) is -0.0799. The molecule has 0 spiro atoms. The lowest BCUT2D eigenvalue weighted by Gasteiger charge is -2.31. The fraction of sp³-hybridized carbons (Fsp3) is 0.333. The van der Waals surface area contributed by atoms with Crippen LogP contribution in [0.3, 0.4) is 0 Å². The molecule has 0 saturated carbocycles. The molecule has 1 aliphatic rings. The highest BCUT2D eigenvalue weighted by molar-refractivity contribution is 5.95.